The van der Waals surface area contributed by atoms with E-state index in [-0.39, 0.29) is 11.9 Å². The molecule has 1 aromatic heterocycles. The van der Waals surface area contributed by atoms with Gasteiger partial charge in [-0.15, -0.1) is 0 Å². The summed E-state index contributed by atoms with van der Waals surface area (Å²) in [7, 11) is 1.52. The molecule has 84 valence electrons. The molecular formula is C10H12N4O2. The summed E-state index contributed by atoms with van der Waals surface area (Å²) in [6.45, 7) is 3.61. The van der Waals surface area contributed by atoms with E-state index in [1.54, 1.807) is 13.0 Å². The van der Waals surface area contributed by atoms with Gasteiger partial charge in [-0.2, -0.15) is 15.1 Å². The van der Waals surface area contributed by atoms with E-state index in [4.69, 9.17) is 4.74 Å². The van der Waals surface area contributed by atoms with Gasteiger partial charge in [0.15, 0.2) is 0 Å². The van der Waals surface area contributed by atoms with Crippen molar-refractivity contribution in [3.8, 4) is 5.88 Å². The van der Waals surface area contributed by atoms with Crippen molar-refractivity contribution in [2.75, 3.05) is 12.1 Å². The van der Waals surface area contributed by atoms with Crippen LogP contribution < -0.4 is 9.75 Å². The summed E-state index contributed by atoms with van der Waals surface area (Å²) in [4.78, 5) is 19.8. The highest BCUT2D eigenvalue weighted by Gasteiger charge is 2.25. The maximum Gasteiger partial charge on any atom is 0.257 e. The van der Waals surface area contributed by atoms with E-state index < -0.39 is 0 Å². The predicted octanol–water partition coefficient (Wildman–Crippen LogP) is 0.906. The number of carbonyl (C=O) groups excluding carboxylic acids is 1. The summed E-state index contributed by atoms with van der Waals surface area (Å²) < 4.78 is 5.02. The van der Waals surface area contributed by atoms with E-state index in [1.807, 2.05) is 6.92 Å². The average Bonchev–Trinajstić information content (AvgIpc) is 2.57. The number of methoxy groups -OCH3 is 1. The number of nitrogens with zero attached hydrogens (tertiary/aromatic N) is 4. The topological polar surface area (TPSA) is 67.7 Å². The van der Waals surface area contributed by atoms with Gasteiger partial charge >= 0.3 is 0 Å². The molecule has 0 radical (unpaired) electrons. The van der Waals surface area contributed by atoms with Gasteiger partial charge in [0.25, 0.3) is 11.9 Å². The molecule has 0 fully saturated rings. The molecule has 0 aliphatic carbocycles. The van der Waals surface area contributed by atoms with Crippen LogP contribution in [-0.2, 0) is 4.79 Å². The number of hydrogen-bond acceptors (Lipinski definition) is 5. The zero-order valence-electron chi connectivity index (χ0n) is 9.39. The molecule has 0 atom stereocenters. The van der Waals surface area contributed by atoms with Crippen LogP contribution in [0.3, 0.4) is 0 Å². The van der Waals surface area contributed by atoms with Gasteiger partial charge in [0.1, 0.15) is 0 Å². The van der Waals surface area contributed by atoms with Crippen LogP contribution in [0, 0.1) is 6.92 Å². The summed E-state index contributed by atoms with van der Waals surface area (Å²) in [5.74, 6) is 0.568. The second-order valence-corrected chi connectivity index (χ2v) is 3.57. The summed E-state index contributed by atoms with van der Waals surface area (Å²) in [5, 5.41) is 5.29. The quantitative estimate of drug-likeness (QED) is 0.742. The third-order valence-corrected chi connectivity index (χ3v) is 2.13. The van der Waals surface area contributed by atoms with E-state index in [0.717, 1.165) is 11.4 Å². The van der Waals surface area contributed by atoms with Crippen LogP contribution in [0.15, 0.2) is 11.2 Å². The Morgan fingerprint density at radius 2 is 2.12 bits per heavy atom. The average molecular weight is 220 g/mol. The Labute approximate surface area is 93.0 Å². The van der Waals surface area contributed by atoms with Crippen LogP contribution in [-0.4, -0.2) is 28.7 Å². The van der Waals surface area contributed by atoms with E-state index >= 15 is 0 Å². The molecule has 6 heteroatoms. The Morgan fingerprint density at radius 1 is 1.38 bits per heavy atom. The second-order valence-electron chi connectivity index (χ2n) is 3.57. The molecular weight excluding hydrogens is 208 g/mol. The molecule has 2 heterocycles. The third-order valence-electron chi connectivity index (χ3n) is 2.13. The van der Waals surface area contributed by atoms with Crippen LogP contribution >= 0.6 is 0 Å². The maximum absolute atomic E-state index is 11.6. The Morgan fingerprint density at radius 3 is 2.69 bits per heavy atom. The molecule has 2 rings (SSSR count). The zero-order valence-corrected chi connectivity index (χ0v) is 9.39. The maximum atomic E-state index is 11.6. The molecule has 0 saturated carbocycles. The smallest absolute Gasteiger partial charge is 0.257 e. The number of amides is 1. The molecule has 1 aromatic rings. The number of ether oxygens (including phenoxy) is 1. The number of hydrogen-bond donors (Lipinski definition) is 0. The van der Waals surface area contributed by atoms with Crippen molar-refractivity contribution in [2.45, 2.75) is 20.3 Å². The number of anilines is 1. The fourth-order valence-electron chi connectivity index (χ4n) is 1.44. The summed E-state index contributed by atoms with van der Waals surface area (Å²) in [5.41, 5.74) is 1.49. The highest BCUT2D eigenvalue weighted by molar-refractivity contribution is 6.11. The van der Waals surface area contributed by atoms with Gasteiger partial charge in [-0.05, 0) is 13.8 Å². The van der Waals surface area contributed by atoms with Crippen LogP contribution in [0.2, 0.25) is 0 Å². The lowest BCUT2D eigenvalue weighted by Gasteiger charge is -2.10. The number of carbonyl (C=O) groups is 1. The summed E-state index contributed by atoms with van der Waals surface area (Å²) in [6.07, 6.45) is 0.319. The van der Waals surface area contributed by atoms with E-state index in [1.165, 1.54) is 12.1 Å². The standard InChI is InChI=1S/C10H12N4O2/c1-6-4-8(16-3)12-10(11-6)14-9(15)5-7(2)13-14/h4H,5H2,1-3H3. The minimum atomic E-state index is -0.120. The van der Waals surface area contributed by atoms with E-state index in [9.17, 15) is 4.79 Å². The zero-order chi connectivity index (χ0) is 11.7. The van der Waals surface area contributed by atoms with Crippen LogP contribution in [0.4, 0.5) is 5.95 Å². The molecule has 6 nitrogen and oxygen atoms in total. The summed E-state index contributed by atoms with van der Waals surface area (Å²) >= 11 is 0. The molecule has 0 saturated heterocycles. The molecule has 0 spiro atoms. The van der Waals surface area contributed by atoms with Crippen molar-refractivity contribution in [3.63, 3.8) is 0 Å². The van der Waals surface area contributed by atoms with Crippen molar-refractivity contribution < 1.29 is 9.53 Å². The van der Waals surface area contributed by atoms with E-state index in [2.05, 4.69) is 15.1 Å². The number of aromatic nitrogens is 2. The highest BCUT2D eigenvalue weighted by atomic mass is 16.5. The molecule has 1 amide bonds. The fraction of sp³-hybridized carbons (Fsp3) is 0.400. The molecule has 1 aliphatic heterocycles. The van der Waals surface area contributed by atoms with Gasteiger partial charge in [-0.25, -0.2) is 4.98 Å². The first-order valence-corrected chi connectivity index (χ1v) is 4.87. The molecule has 16 heavy (non-hydrogen) atoms. The first-order chi connectivity index (χ1) is 7.60. The molecule has 0 N–H and O–H groups in total. The van der Waals surface area contributed by atoms with Crippen molar-refractivity contribution in [1.82, 2.24) is 9.97 Å². The first kappa shape index (κ1) is 10.5. The minimum absolute atomic E-state index is 0.120. The van der Waals surface area contributed by atoms with Crippen molar-refractivity contribution >= 4 is 17.6 Å². The van der Waals surface area contributed by atoms with Crippen LogP contribution in [0.5, 0.6) is 5.88 Å². The highest BCUT2D eigenvalue weighted by Crippen LogP contribution is 2.19. The third kappa shape index (κ3) is 1.86. The van der Waals surface area contributed by atoms with Gasteiger partial charge in [0.05, 0.1) is 13.5 Å². The fourth-order valence-corrected chi connectivity index (χ4v) is 1.44. The monoisotopic (exact) mass is 220 g/mol. The van der Waals surface area contributed by atoms with E-state index in [0.29, 0.717) is 12.3 Å². The van der Waals surface area contributed by atoms with Crippen molar-refractivity contribution in [1.29, 1.82) is 0 Å². The lowest BCUT2D eigenvalue weighted by molar-refractivity contribution is -0.117. The largest absolute Gasteiger partial charge is 0.481 e. The minimum Gasteiger partial charge on any atom is -0.481 e. The Hall–Kier alpha value is -1.98. The Bertz CT molecular complexity index is 470. The first-order valence-electron chi connectivity index (χ1n) is 4.87. The Kier molecular flexibility index (Phi) is 2.55. The number of aryl methyl sites for hydroxylation is 1. The molecule has 0 aromatic carbocycles. The van der Waals surface area contributed by atoms with Crippen molar-refractivity contribution in [3.05, 3.63) is 11.8 Å². The number of hydrazone groups is 1. The van der Waals surface area contributed by atoms with Gasteiger partial charge < -0.3 is 4.74 Å². The van der Waals surface area contributed by atoms with Gasteiger partial charge in [0.2, 0.25) is 5.88 Å². The van der Waals surface area contributed by atoms with Crippen LogP contribution in [0.25, 0.3) is 0 Å². The van der Waals surface area contributed by atoms with Crippen LogP contribution in [0.1, 0.15) is 19.0 Å². The Balaban J connectivity index is 2.40. The molecule has 1 aliphatic rings. The predicted molar refractivity (Wildman–Crippen MR) is 58.5 cm³/mol. The summed E-state index contributed by atoms with van der Waals surface area (Å²) in [6, 6.07) is 1.70. The SMILES string of the molecule is COc1cc(C)nc(N2N=C(C)CC2=O)n1. The lowest BCUT2D eigenvalue weighted by atomic mass is 10.3. The number of rotatable bonds is 2. The molecule has 0 bridgehead atoms. The second kappa shape index (κ2) is 3.88. The van der Waals surface area contributed by atoms with Gasteiger partial charge in [0, 0.05) is 17.5 Å². The normalized spacial score (nSPS) is 15.3. The van der Waals surface area contributed by atoms with Crippen molar-refractivity contribution in [2.24, 2.45) is 5.10 Å². The lowest BCUT2D eigenvalue weighted by Crippen LogP contribution is -2.22. The molecule has 0 unspecified atom stereocenters. The van der Waals surface area contributed by atoms with Gasteiger partial charge in [-0.1, -0.05) is 0 Å². The van der Waals surface area contributed by atoms with Gasteiger partial charge in [-0.3, -0.25) is 4.79 Å².